The highest BCUT2D eigenvalue weighted by Crippen LogP contribution is 2.30. The van der Waals surface area contributed by atoms with Gasteiger partial charge in [-0.3, -0.25) is 9.59 Å². The molecule has 0 heterocycles. The smallest absolute Gasteiger partial charge is 0.330 e. The Morgan fingerprint density at radius 2 is 1.51 bits per heavy atom. The molecule has 0 aliphatic heterocycles. The standard InChI is InChI=1S/C34H39N3O4/c1-24(38)35-30-17-13-29(14-18-30)34(40)37(32-7-5-6-25(22-32)10-21-33(39)41-4)23-26-8-11-27(12-9-26)28-15-19-31(20-16-28)36(2)3/h5-12,15-16,19-22,29-30H,13-14,17-18,23H2,1-4H3,(H,35,38)/b21-10+. The lowest BCUT2D eigenvalue weighted by atomic mass is 9.85. The number of anilines is 2. The molecule has 1 N–H and O–H groups in total. The van der Waals surface area contributed by atoms with Crippen molar-refractivity contribution in [2.45, 2.75) is 45.2 Å². The molecule has 0 saturated heterocycles. The summed E-state index contributed by atoms with van der Waals surface area (Å²) in [6.45, 7) is 1.96. The maximum Gasteiger partial charge on any atom is 0.330 e. The molecule has 3 aromatic carbocycles. The Hall–Kier alpha value is -4.39. The Bertz CT molecular complexity index is 1370. The quantitative estimate of drug-likeness (QED) is 0.266. The topological polar surface area (TPSA) is 79.0 Å². The summed E-state index contributed by atoms with van der Waals surface area (Å²) >= 11 is 0. The first-order valence-corrected chi connectivity index (χ1v) is 14.0. The van der Waals surface area contributed by atoms with Crippen molar-refractivity contribution < 1.29 is 19.1 Å². The number of nitrogens with one attached hydrogen (secondary N) is 1. The molecule has 214 valence electrons. The van der Waals surface area contributed by atoms with E-state index in [2.05, 4.69) is 58.7 Å². The highest BCUT2D eigenvalue weighted by molar-refractivity contribution is 5.95. The maximum absolute atomic E-state index is 14.0. The average molecular weight is 554 g/mol. The third-order valence-electron chi connectivity index (χ3n) is 7.56. The fourth-order valence-corrected chi connectivity index (χ4v) is 5.25. The van der Waals surface area contributed by atoms with E-state index in [4.69, 9.17) is 4.74 Å². The van der Waals surface area contributed by atoms with Crippen molar-refractivity contribution in [1.29, 1.82) is 0 Å². The number of benzene rings is 3. The number of amides is 2. The minimum Gasteiger partial charge on any atom is -0.466 e. The summed E-state index contributed by atoms with van der Waals surface area (Å²) in [7, 11) is 5.39. The second-order valence-electron chi connectivity index (χ2n) is 10.8. The minimum absolute atomic E-state index is 0.0321. The number of esters is 1. The first kappa shape index (κ1) is 29.6. The number of ether oxygens (including phenoxy) is 1. The second kappa shape index (κ2) is 13.8. The van der Waals surface area contributed by atoms with Gasteiger partial charge in [-0.25, -0.2) is 4.79 Å². The molecular formula is C34H39N3O4. The van der Waals surface area contributed by atoms with Crippen LogP contribution in [0.25, 0.3) is 17.2 Å². The molecule has 0 spiro atoms. The predicted octanol–water partition coefficient (Wildman–Crippen LogP) is 5.83. The van der Waals surface area contributed by atoms with E-state index in [1.165, 1.54) is 20.1 Å². The molecule has 41 heavy (non-hydrogen) atoms. The van der Waals surface area contributed by atoms with Gasteiger partial charge in [0.1, 0.15) is 0 Å². The number of hydrogen-bond donors (Lipinski definition) is 1. The van der Waals surface area contributed by atoms with Gasteiger partial charge in [-0.05, 0) is 78.3 Å². The van der Waals surface area contributed by atoms with Crippen LogP contribution < -0.4 is 15.1 Å². The molecule has 1 aliphatic rings. The van der Waals surface area contributed by atoms with Crippen molar-refractivity contribution in [2.75, 3.05) is 31.0 Å². The summed E-state index contributed by atoms with van der Waals surface area (Å²) in [5, 5.41) is 2.99. The highest BCUT2D eigenvalue weighted by atomic mass is 16.5. The van der Waals surface area contributed by atoms with Crippen molar-refractivity contribution in [3.8, 4) is 11.1 Å². The molecule has 0 atom stereocenters. The Morgan fingerprint density at radius 3 is 2.10 bits per heavy atom. The maximum atomic E-state index is 14.0. The average Bonchev–Trinajstić information content (AvgIpc) is 2.99. The Labute approximate surface area is 242 Å². The second-order valence-corrected chi connectivity index (χ2v) is 10.8. The summed E-state index contributed by atoms with van der Waals surface area (Å²) in [6, 6.07) is 24.5. The number of rotatable bonds is 9. The van der Waals surface area contributed by atoms with E-state index < -0.39 is 5.97 Å². The lowest BCUT2D eigenvalue weighted by molar-refractivity contribution is -0.134. The lowest BCUT2D eigenvalue weighted by Crippen LogP contribution is -2.41. The molecule has 3 aromatic rings. The summed E-state index contributed by atoms with van der Waals surface area (Å²) in [5.41, 5.74) is 5.99. The van der Waals surface area contributed by atoms with Gasteiger partial charge in [-0.15, -0.1) is 0 Å². The monoisotopic (exact) mass is 553 g/mol. The fourth-order valence-electron chi connectivity index (χ4n) is 5.25. The summed E-state index contributed by atoms with van der Waals surface area (Å²) < 4.78 is 4.72. The van der Waals surface area contributed by atoms with Crippen molar-refractivity contribution in [1.82, 2.24) is 5.32 Å². The number of carbonyl (C=O) groups is 3. The van der Waals surface area contributed by atoms with Crippen LogP contribution in [0.4, 0.5) is 11.4 Å². The van der Waals surface area contributed by atoms with Crippen LogP contribution in [0.5, 0.6) is 0 Å². The summed E-state index contributed by atoms with van der Waals surface area (Å²) in [4.78, 5) is 41.0. The largest absolute Gasteiger partial charge is 0.466 e. The molecule has 0 radical (unpaired) electrons. The summed E-state index contributed by atoms with van der Waals surface area (Å²) in [5.74, 6) is -0.515. The van der Waals surface area contributed by atoms with Gasteiger partial charge in [-0.2, -0.15) is 0 Å². The van der Waals surface area contributed by atoms with Crippen molar-refractivity contribution in [2.24, 2.45) is 5.92 Å². The van der Waals surface area contributed by atoms with Gasteiger partial charge in [0.05, 0.1) is 13.7 Å². The molecule has 7 heteroatoms. The third kappa shape index (κ3) is 8.07. The van der Waals surface area contributed by atoms with Crippen LogP contribution in [0.2, 0.25) is 0 Å². The third-order valence-corrected chi connectivity index (χ3v) is 7.56. The normalized spacial score (nSPS) is 16.7. The van der Waals surface area contributed by atoms with Gasteiger partial charge in [0.2, 0.25) is 11.8 Å². The minimum atomic E-state index is -0.435. The van der Waals surface area contributed by atoms with Crippen LogP contribution in [0, 0.1) is 5.92 Å². The van der Waals surface area contributed by atoms with E-state index in [0.717, 1.165) is 59.3 Å². The number of methoxy groups -OCH3 is 1. The first-order valence-electron chi connectivity index (χ1n) is 14.0. The van der Waals surface area contributed by atoms with Gasteiger partial charge in [0.25, 0.3) is 0 Å². The Morgan fingerprint density at radius 1 is 0.878 bits per heavy atom. The van der Waals surface area contributed by atoms with Crippen LogP contribution in [0.15, 0.2) is 78.9 Å². The highest BCUT2D eigenvalue weighted by Gasteiger charge is 2.30. The van der Waals surface area contributed by atoms with E-state index in [-0.39, 0.29) is 23.8 Å². The molecular weight excluding hydrogens is 514 g/mol. The van der Waals surface area contributed by atoms with Gasteiger partial charge >= 0.3 is 5.97 Å². The summed E-state index contributed by atoms with van der Waals surface area (Å²) in [6.07, 6.45) is 6.08. The molecule has 2 amide bonds. The van der Waals surface area contributed by atoms with Crippen LogP contribution in [0.3, 0.4) is 0 Å². The molecule has 1 aliphatic carbocycles. The zero-order valence-corrected chi connectivity index (χ0v) is 24.3. The van der Waals surface area contributed by atoms with Gasteiger partial charge in [0, 0.05) is 50.4 Å². The molecule has 0 aromatic heterocycles. The SMILES string of the molecule is COC(=O)/C=C/c1cccc(N(Cc2ccc(-c3ccc(N(C)C)cc3)cc2)C(=O)C2CCC(NC(C)=O)CC2)c1. The Balaban J connectivity index is 1.57. The van der Waals surface area contributed by atoms with Gasteiger partial charge in [-0.1, -0.05) is 48.5 Å². The van der Waals surface area contributed by atoms with Crippen molar-refractivity contribution >= 4 is 35.2 Å². The zero-order chi connectivity index (χ0) is 29.4. The van der Waals surface area contributed by atoms with Gasteiger partial charge in [0.15, 0.2) is 0 Å². The number of carbonyl (C=O) groups excluding carboxylic acids is 3. The van der Waals surface area contributed by atoms with Crippen LogP contribution >= 0.6 is 0 Å². The van der Waals surface area contributed by atoms with Crippen molar-refractivity contribution in [3.63, 3.8) is 0 Å². The predicted molar refractivity (Wildman–Crippen MR) is 164 cm³/mol. The number of hydrogen-bond acceptors (Lipinski definition) is 5. The van der Waals surface area contributed by atoms with Crippen LogP contribution in [-0.2, 0) is 25.7 Å². The van der Waals surface area contributed by atoms with E-state index >= 15 is 0 Å². The van der Waals surface area contributed by atoms with E-state index in [1.54, 1.807) is 6.08 Å². The molecule has 0 bridgehead atoms. The van der Waals surface area contributed by atoms with Gasteiger partial charge < -0.3 is 19.9 Å². The molecule has 1 saturated carbocycles. The molecule has 0 unspecified atom stereocenters. The van der Waals surface area contributed by atoms with Crippen molar-refractivity contribution in [3.05, 3.63) is 90.0 Å². The zero-order valence-electron chi connectivity index (χ0n) is 24.3. The molecule has 4 rings (SSSR count). The Kier molecular flexibility index (Phi) is 9.95. The number of nitrogens with zero attached hydrogens (tertiary/aromatic N) is 2. The molecule has 1 fully saturated rings. The van der Waals surface area contributed by atoms with Crippen LogP contribution in [-0.4, -0.2) is 45.0 Å². The lowest BCUT2D eigenvalue weighted by Gasteiger charge is -2.32. The van der Waals surface area contributed by atoms with Crippen LogP contribution in [0.1, 0.15) is 43.7 Å². The first-order chi connectivity index (χ1) is 19.7. The van der Waals surface area contributed by atoms with E-state index in [1.807, 2.05) is 43.3 Å². The fraction of sp³-hybridized carbons (Fsp3) is 0.324. The van der Waals surface area contributed by atoms with E-state index in [0.29, 0.717) is 6.54 Å². The van der Waals surface area contributed by atoms with E-state index in [9.17, 15) is 14.4 Å². The molecule has 7 nitrogen and oxygen atoms in total.